The van der Waals surface area contributed by atoms with Crippen molar-refractivity contribution in [3.8, 4) is 11.5 Å². The molecule has 0 saturated heterocycles. The molecule has 0 unspecified atom stereocenters. The molecular weight excluding hydrogens is 374 g/mol. The number of thiophene rings is 1. The predicted molar refractivity (Wildman–Crippen MR) is 83.5 cm³/mol. The van der Waals surface area contributed by atoms with Crippen molar-refractivity contribution in [2.24, 2.45) is 0 Å². The van der Waals surface area contributed by atoms with E-state index in [2.05, 4.69) is 21.2 Å². The maximum atomic E-state index is 11.8. The summed E-state index contributed by atoms with van der Waals surface area (Å²) in [6.07, 6.45) is 0. The summed E-state index contributed by atoms with van der Waals surface area (Å²) in [5, 5.41) is 2.63. The number of fused-ring (bicyclic) bond motifs is 1. The minimum Gasteiger partial charge on any atom is -0.454 e. The summed E-state index contributed by atoms with van der Waals surface area (Å²) in [5.41, 5.74) is 0.546. The van der Waals surface area contributed by atoms with Gasteiger partial charge in [0.1, 0.15) is 4.88 Å². The number of carbonyl (C=O) groups is 2. The first-order valence-electron chi connectivity index (χ1n) is 6.24. The third-order valence-corrected chi connectivity index (χ3v) is 4.37. The standard InChI is InChI=1S/C14H10BrNO5S/c15-12-4-3-11(22-12)14(18)19-6-13(17)16-8-1-2-9-10(5-8)21-7-20-9/h1-5H,6-7H2,(H,16,17). The summed E-state index contributed by atoms with van der Waals surface area (Å²) >= 11 is 4.50. The van der Waals surface area contributed by atoms with Gasteiger partial charge in [0.25, 0.3) is 5.91 Å². The third kappa shape index (κ3) is 3.40. The van der Waals surface area contributed by atoms with Gasteiger partial charge in [-0.3, -0.25) is 4.79 Å². The zero-order valence-electron chi connectivity index (χ0n) is 11.1. The average molecular weight is 384 g/mol. The predicted octanol–water partition coefficient (Wildman–Crippen LogP) is 3.03. The van der Waals surface area contributed by atoms with Gasteiger partial charge in [-0.05, 0) is 40.2 Å². The molecule has 0 saturated carbocycles. The summed E-state index contributed by atoms with van der Waals surface area (Å²) < 4.78 is 16.2. The molecule has 0 bridgehead atoms. The second-order valence-electron chi connectivity index (χ2n) is 4.30. The van der Waals surface area contributed by atoms with E-state index in [4.69, 9.17) is 14.2 Å². The summed E-state index contributed by atoms with van der Waals surface area (Å²) in [7, 11) is 0. The first-order valence-corrected chi connectivity index (χ1v) is 7.85. The Morgan fingerprint density at radius 2 is 2.05 bits per heavy atom. The number of hydrogen-bond donors (Lipinski definition) is 1. The number of halogens is 1. The molecule has 2 heterocycles. The van der Waals surface area contributed by atoms with E-state index in [9.17, 15) is 9.59 Å². The molecule has 1 aliphatic rings. The molecule has 1 aliphatic heterocycles. The fraction of sp³-hybridized carbons (Fsp3) is 0.143. The van der Waals surface area contributed by atoms with Crippen molar-refractivity contribution in [2.45, 2.75) is 0 Å². The van der Waals surface area contributed by atoms with E-state index in [1.54, 1.807) is 30.3 Å². The van der Waals surface area contributed by atoms with Gasteiger partial charge in [0.05, 0.1) is 3.79 Å². The van der Waals surface area contributed by atoms with Crippen molar-refractivity contribution in [1.29, 1.82) is 0 Å². The van der Waals surface area contributed by atoms with E-state index in [-0.39, 0.29) is 13.4 Å². The van der Waals surface area contributed by atoms with Gasteiger partial charge in [0, 0.05) is 11.8 Å². The van der Waals surface area contributed by atoms with Crippen molar-refractivity contribution >= 4 is 44.8 Å². The van der Waals surface area contributed by atoms with Crippen LogP contribution >= 0.6 is 27.3 Å². The van der Waals surface area contributed by atoms with Gasteiger partial charge in [-0.1, -0.05) is 0 Å². The molecule has 1 N–H and O–H groups in total. The number of benzene rings is 1. The highest BCUT2D eigenvalue weighted by Gasteiger charge is 2.15. The van der Waals surface area contributed by atoms with E-state index in [0.29, 0.717) is 22.1 Å². The molecule has 0 atom stereocenters. The summed E-state index contributed by atoms with van der Waals surface area (Å²) in [6, 6.07) is 8.41. The number of ether oxygens (including phenoxy) is 3. The highest BCUT2D eigenvalue weighted by Crippen LogP contribution is 2.34. The summed E-state index contributed by atoms with van der Waals surface area (Å²) in [6.45, 7) is -0.191. The van der Waals surface area contributed by atoms with Crippen molar-refractivity contribution in [1.82, 2.24) is 0 Å². The minimum atomic E-state index is -0.531. The Balaban J connectivity index is 1.53. The van der Waals surface area contributed by atoms with Gasteiger partial charge < -0.3 is 19.5 Å². The Kier molecular flexibility index (Phi) is 4.30. The van der Waals surface area contributed by atoms with Crippen LogP contribution in [-0.4, -0.2) is 25.3 Å². The number of carbonyl (C=O) groups excluding carboxylic acids is 2. The number of nitrogens with one attached hydrogen (secondary N) is 1. The Bertz CT molecular complexity index is 730. The molecular formula is C14H10BrNO5S. The lowest BCUT2D eigenvalue weighted by Gasteiger charge is -2.06. The van der Waals surface area contributed by atoms with Gasteiger partial charge >= 0.3 is 5.97 Å². The van der Waals surface area contributed by atoms with Gasteiger partial charge in [-0.15, -0.1) is 11.3 Å². The molecule has 1 aromatic carbocycles. The molecule has 1 amide bonds. The third-order valence-electron chi connectivity index (χ3n) is 2.77. The molecule has 0 fully saturated rings. The molecule has 3 rings (SSSR count). The molecule has 0 radical (unpaired) electrons. The number of hydrogen-bond acceptors (Lipinski definition) is 6. The van der Waals surface area contributed by atoms with Gasteiger partial charge in [0.15, 0.2) is 18.1 Å². The SMILES string of the molecule is O=C(COC(=O)c1ccc(Br)s1)Nc1ccc2c(c1)OCO2. The largest absolute Gasteiger partial charge is 0.454 e. The second-order valence-corrected chi connectivity index (χ2v) is 6.76. The van der Waals surface area contributed by atoms with E-state index in [0.717, 1.165) is 3.79 Å². The maximum absolute atomic E-state index is 11.8. The summed E-state index contributed by atoms with van der Waals surface area (Å²) in [5.74, 6) is 0.241. The number of amides is 1. The lowest BCUT2D eigenvalue weighted by Crippen LogP contribution is -2.20. The van der Waals surface area contributed by atoms with E-state index < -0.39 is 11.9 Å². The Morgan fingerprint density at radius 1 is 1.23 bits per heavy atom. The van der Waals surface area contributed by atoms with E-state index >= 15 is 0 Å². The van der Waals surface area contributed by atoms with Crippen LogP contribution in [0.3, 0.4) is 0 Å². The molecule has 6 nitrogen and oxygen atoms in total. The van der Waals surface area contributed by atoms with Crippen molar-refractivity contribution in [2.75, 3.05) is 18.7 Å². The minimum absolute atomic E-state index is 0.167. The van der Waals surface area contributed by atoms with Crippen LogP contribution in [0.2, 0.25) is 0 Å². The van der Waals surface area contributed by atoms with Gasteiger partial charge in [0.2, 0.25) is 6.79 Å². The zero-order chi connectivity index (χ0) is 15.5. The molecule has 22 heavy (non-hydrogen) atoms. The maximum Gasteiger partial charge on any atom is 0.348 e. The Hall–Kier alpha value is -2.06. The van der Waals surface area contributed by atoms with Crippen LogP contribution in [0.4, 0.5) is 5.69 Å². The van der Waals surface area contributed by atoms with Crippen LogP contribution in [0.15, 0.2) is 34.1 Å². The van der Waals surface area contributed by atoms with Crippen LogP contribution in [0.25, 0.3) is 0 Å². The Labute approximate surface area is 138 Å². The highest BCUT2D eigenvalue weighted by molar-refractivity contribution is 9.11. The number of rotatable bonds is 4. The highest BCUT2D eigenvalue weighted by atomic mass is 79.9. The van der Waals surface area contributed by atoms with Crippen LogP contribution in [0, 0.1) is 0 Å². The quantitative estimate of drug-likeness (QED) is 0.821. The van der Waals surface area contributed by atoms with E-state index in [1.807, 2.05) is 0 Å². The average Bonchev–Trinajstić information content (AvgIpc) is 3.13. The number of esters is 1. The van der Waals surface area contributed by atoms with Crippen molar-refractivity contribution in [3.05, 3.63) is 39.0 Å². The molecule has 0 aliphatic carbocycles. The molecule has 2 aromatic rings. The second kappa shape index (κ2) is 6.37. The molecule has 8 heteroatoms. The molecule has 0 spiro atoms. The van der Waals surface area contributed by atoms with Crippen molar-refractivity contribution < 1.29 is 23.8 Å². The Morgan fingerprint density at radius 3 is 2.82 bits per heavy atom. The first-order chi connectivity index (χ1) is 10.6. The smallest absolute Gasteiger partial charge is 0.348 e. The van der Waals surface area contributed by atoms with E-state index in [1.165, 1.54) is 11.3 Å². The summed E-state index contributed by atoms with van der Waals surface area (Å²) in [4.78, 5) is 23.9. The van der Waals surface area contributed by atoms with Gasteiger partial charge in [-0.2, -0.15) is 0 Å². The van der Waals surface area contributed by atoms with Crippen LogP contribution in [-0.2, 0) is 9.53 Å². The van der Waals surface area contributed by atoms with Crippen LogP contribution in [0.1, 0.15) is 9.67 Å². The lowest BCUT2D eigenvalue weighted by molar-refractivity contribution is -0.119. The molecule has 1 aromatic heterocycles. The molecule has 114 valence electrons. The van der Waals surface area contributed by atoms with Crippen LogP contribution < -0.4 is 14.8 Å². The fourth-order valence-corrected chi connectivity index (χ4v) is 3.08. The normalized spacial score (nSPS) is 12.0. The van der Waals surface area contributed by atoms with Gasteiger partial charge in [-0.25, -0.2) is 4.79 Å². The first kappa shape index (κ1) is 14.9. The fourth-order valence-electron chi connectivity index (χ4n) is 1.80. The topological polar surface area (TPSA) is 73.9 Å². The number of anilines is 1. The van der Waals surface area contributed by atoms with Crippen LogP contribution in [0.5, 0.6) is 11.5 Å². The zero-order valence-corrected chi connectivity index (χ0v) is 13.5. The monoisotopic (exact) mass is 383 g/mol. The lowest BCUT2D eigenvalue weighted by atomic mass is 10.3. The van der Waals surface area contributed by atoms with Crippen molar-refractivity contribution in [3.63, 3.8) is 0 Å².